The summed E-state index contributed by atoms with van der Waals surface area (Å²) in [5.41, 5.74) is 0. The molecule has 0 radical (unpaired) electrons. The second-order valence-corrected chi connectivity index (χ2v) is 3.46. The fraction of sp³-hybridized carbons (Fsp3) is 0.250. The molecule has 0 saturated heterocycles. The van der Waals surface area contributed by atoms with Crippen molar-refractivity contribution in [2.75, 3.05) is 14.1 Å². The lowest BCUT2D eigenvalue weighted by atomic mass is 10.5. The van der Waals surface area contributed by atoms with Gasteiger partial charge in [0.15, 0.2) is 5.82 Å². The van der Waals surface area contributed by atoms with E-state index >= 15 is 0 Å². The van der Waals surface area contributed by atoms with Crippen LogP contribution in [0.4, 0.5) is 5.82 Å². The van der Waals surface area contributed by atoms with E-state index in [9.17, 15) is 0 Å². The molecule has 3 nitrogen and oxygen atoms in total. The molecular weight excluding hydrogens is 253 g/mol. The summed E-state index contributed by atoms with van der Waals surface area (Å²) in [6.45, 7) is 0. The minimum absolute atomic E-state index is 0. The quantitative estimate of drug-likeness (QED) is 0.606. The van der Waals surface area contributed by atoms with E-state index in [0.29, 0.717) is 5.82 Å². The Hall–Kier alpha value is -0.610. The van der Waals surface area contributed by atoms with Gasteiger partial charge in [0.25, 0.3) is 0 Å². The van der Waals surface area contributed by atoms with Crippen LogP contribution in [0.3, 0.4) is 0 Å². The summed E-state index contributed by atoms with van der Waals surface area (Å²) in [5, 5.41) is 0. The van der Waals surface area contributed by atoms with Crippen LogP contribution < -0.4 is 0 Å². The molecule has 0 aliphatic carbocycles. The average Bonchev–Trinajstić information content (AvgIpc) is 2.03. The normalized spacial score (nSPS) is 9.77. The Morgan fingerprint density at radius 1 is 1.46 bits per heavy atom. The zero-order chi connectivity index (χ0) is 8.97. The highest BCUT2D eigenvalue weighted by molar-refractivity contribution is 9.10. The molecule has 0 saturated carbocycles. The molecule has 0 aromatic carbocycles. The Labute approximate surface area is 92.4 Å². The summed E-state index contributed by atoms with van der Waals surface area (Å²) in [6.07, 6.45) is 3.44. The van der Waals surface area contributed by atoms with Crippen LogP contribution >= 0.6 is 28.3 Å². The summed E-state index contributed by atoms with van der Waals surface area (Å²) >= 11 is 3.30. The van der Waals surface area contributed by atoms with Crippen LogP contribution in [0.5, 0.6) is 0 Å². The van der Waals surface area contributed by atoms with Crippen LogP contribution in [0, 0.1) is 0 Å². The Morgan fingerprint density at radius 2 is 2.15 bits per heavy atom. The second-order valence-electron chi connectivity index (χ2n) is 2.54. The Morgan fingerprint density at radius 3 is 2.62 bits per heavy atom. The minimum atomic E-state index is 0. The highest BCUT2D eigenvalue weighted by atomic mass is 79.9. The fourth-order valence-electron chi connectivity index (χ4n) is 0.619. The van der Waals surface area contributed by atoms with E-state index in [0.717, 1.165) is 4.47 Å². The number of rotatable bonds is 2. The second kappa shape index (κ2) is 5.94. The van der Waals surface area contributed by atoms with Crippen molar-refractivity contribution >= 4 is 40.5 Å². The number of hydrogen-bond donors (Lipinski definition) is 0. The van der Waals surface area contributed by atoms with Crippen molar-refractivity contribution in [3.05, 3.63) is 22.8 Å². The van der Waals surface area contributed by atoms with Crippen LogP contribution in [0.25, 0.3) is 0 Å². The van der Waals surface area contributed by atoms with Crippen LogP contribution in [0.1, 0.15) is 0 Å². The van der Waals surface area contributed by atoms with Gasteiger partial charge >= 0.3 is 0 Å². The molecule has 1 aromatic heterocycles. The van der Waals surface area contributed by atoms with Gasteiger partial charge in [0.05, 0.1) is 6.34 Å². The molecule has 13 heavy (non-hydrogen) atoms. The van der Waals surface area contributed by atoms with Gasteiger partial charge in [-0.3, -0.25) is 0 Å². The molecule has 0 aliphatic rings. The van der Waals surface area contributed by atoms with Gasteiger partial charge in [-0.1, -0.05) is 0 Å². The number of hydrogen-bond acceptors (Lipinski definition) is 2. The van der Waals surface area contributed by atoms with E-state index in [-0.39, 0.29) is 12.4 Å². The summed E-state index contributed by atoms with van der Waals surface area (Å²) in [7, 11) is 3.84. The van der Waals surface area contributed by atoms with Gasteiger partial charge in [0.2, 0.25) is 0 Å². The Balaban J connectivity index is 0.00000144. The van der Waals surface area contributed by atoms with Gasteiger partial charge in [0.1, 0.15) is 0 Å². The van der Waals surface area contributed by atoms with Gasteiger partial charge < -0.3 is 4.90 Å². The molecule has 5 heteroatoms. The lowest BCUT2D eigenvalue weighted by Gasteiger charge is -2.01. The number of aliphatic imine (C=N–C) groups is 1. The first-order chi connectivity index (χ1) is 5.68. The SMILES string of the molecule is CN(C)C=Nc1ccc(Br)cn1.Cl. The lowest BCUT2D eigenvalue weighted by molar-refractivity contribution is 0.643. The monoisotopic (exact) mass is 263 g/mol. The molecule has 72 valence electrons. The third-order valence-corrected chi connectivity index (χ3v) is 1.60. The minimum Gasteiger partial charge on any atom is -0.369 e. The van der Waals surface area contributed by atoms with Crippen LogP contribution in [-0.2, 0) is 0 Å². The smallest absolute Gasteiger partial charge is 0.153 e. The van der Waals surface area contributed by atoms with E-state index in [1.54, 1.807) is 12.5 Å². The van der Waals surface area contributed by atoms with Gasteiger partial charge in [-0.05, 0) is 28.1 Å². The van der Waals surface area contributed by atoms with E-state index in [1.807, 2.05) is 31.1 Å². The van der Waals surface area contributed by atoms with Crippen LogP contribution in [-0.4, -0.2) is 30.3 Å². The number of nitrogens with zero attached hydrogens (tertiary/aromatic N) is 3. The Bertz CT molecular complexity index is 271. The van der Waals surface area contributed by atoms with Crippen molar-refractivity contribution in [2.24, 2.45) is 4.99 Å². The van der Waals surface area contributed by atoms with Crippen molar-refractivity contribution in [1.29, 1.82) is 0 Å². The number of aromatic nitrogens is 1. The van der Waals surface area contributed by atoms with Gasteiger partial charge in [-0.25, -0.2) is 9.98 Å². The maximum absolute atomic E-state index is 4.12. The first kappa shape index (κ1) is 12.4. The molecule has 1 aromatic rings. The van der Waals surface area contributed by atoms with Crippen LogP contribution in [0.2, 0.25) is 0 Å². The molecule has 0 spiro atoms. The zero-order valence-electron chi connectivity index (χ0n) is 7.44. The molecule has 0 N–H and O–H groups in total. The standard InChI is InChI=1S/C8H10BrN3.ClH/c1-12(2)6-11-8-4-3-7(9)5-10-8;/h3-6H,1-2H3;1H. The molecule has 0 aliphatic heterocycles. The number of halogens is 2. The zero-order valence-corrected chi connectivity index (χ0v) is 9.84. The summed E-state index contributed by atoms with van der Waals surface area (Å²) in [4.78, 5) is 10.1. The first-order valence-corrected chi connectivity index (χ1v) is 4.30. The van der Waals surface area contributed by atoms with Crippen molar-refractivity contribution in [3.63, 3.8) is 0 Å². The topological polar surface area (TPSA) is 28.5 Å². The third-order valence-electron chi connectivity index (χ3n) is 1.13. The molecule has 0 atom stereocenters. The van der Waals surface area contributed by atoms with Gasteiger partial charge in [0, 0.05) is 24.8 Å². The first-order valence-electron chi connectivity index (χ1n) is 3.50. The molecule has 1 heterocycles. The van der Waals surface area contributed by atoms with Gasteiger partial charge in [-0.15, -0.1) is 12.4 Å². The summed E-state index contributed by atoms with van der Waals surface area (Å²) in [5.74, 6) is 0.715. The van der Waals surface area contributed by atoms with E-state index < -0.39 is 0 Å². The van der Waals surface area contributed by atoms with E-state index in [2.05, 4.69) is 25.9 Å². The number of pyridine rings is 1. The molecule has 0 amide bonds. The molecular formula is C8H11BrClN3. The highest BCUT2D eigenvalue weighted by Gasteiger charge is 1.88. The maximum atomic E-state index is 4.12. The van der Waals surface area contributed by atoms with Crippen molar-refractivity contribution in [1.82, 2.24) is 9.88 Å². The molecule has 0 fully saturated rings. The lowest BCUT2D eigenvalue weighted by Crippen LogP contribution is -2.07. The highest BCUT2D eigenvalue weighted by Crippen LogP contribution is 2.12. The van der Waals surface area contributed by atoms with Gasteiger partial charge in [-0.2, -0.15) is 0 Å². The predicted octanol–water partition coefficient (Wildman–Crippen LogP) is 2.49. The average molecular weight is 265 g/mol. The van der Waals surface area contributed by atoms with E-state index in [4.69, 9.17) is 0 Å². The predicted molar refractivity (Wildman–Crippen MR) is 61.0 cm³/mol. The largest absolute Gasteiger partial charge is 0.369 e. The maximum Gasteiger partial charge on any atom is 0.153 e. The summed E-state index contributed by atoms with van der Waals surface area (Å²) in [6, 6.07) is 3.76. The third kappa shape index (κ3) is 4.85. The molecule has 0 unspecified atom stereocenters. The molecule has 1 rings (SSSR count). The Kier molecular flexibility index (Phi) is 5.66. The van der Waals surface area contributed by atoms with Crippen molar-refractivity contribution < 1.29 is 0 Å². The van der Waals surface area contributed by atoms with Crippen molar-refractivity contribution in [2.45, 2.75) is 0 Å². The fourth-order valence-corrected chi connectivity index (χ4v) is 0.854. The molecule has 0 bridgehead atoms. The van der Waals surface area contributed by atoms with Crippen molar-refractivity contribution in [3.8, 4) is 0 Å². The summed E-state index contributed by atoms with van der Waals surface area (Å²) < 4.78 is 0.964. The van der Waals surface area contributed by atoms with Crippen LogP contribution in [0.15, 0.2) is 27.8 Å². The van der Waals surface area contributed by atoms with E-state index in [1.165, 1.54) is 0 Å².